The molecule has 0 fully saturated rings. The summed E-state index contributed by atoms with van der Waals surface area (Å²) in [6.45, 7) is 6.09. The van der Waals surface area contributed by atoms with Gasteiger partial charge >= 0.3 is 0 Å². The van der Waals surface area contributed by atoms with E-state index < -0.39 is 0 Å². The second-order valence-corrected chi connectivity index (χ2v) is 7.55. The lowest BCUT2D eigenvalue weighted by Gasteiger charge is -2.13. The van der Waals surface area contributed by atoms with Crippen molar-refractivity contribution in [2.45, 2.75) is 26.8 Å². The zero-order valence-electron chi connectivity index (χ0n) is 19.5. The Morgan fingerprint density at radius 2 is 1.82 bits per heavy atom. The van der Waals surface area contributed by atoms with Crippen molar-refractivity contribution in [1.29, 1.82) is 0 Å². The minimum atomic E-state index is -0.144. The topological polar surface area (TPSA) is 84.0 Å². The Morgan fingerprint density at radius 3 is 2.58 bits per heavy atom. The normalized spacial score (nSPS) is 11.2. The number of anilines is 1. The van der Waals surface area contributed by atoms with Crippen LogP contribution in [0.4, 0.5) is 5.69 Å². The quantitative estimate of drug-likeness (QED) is 0.244. The van der Waals surface area contributed by atoms with E-state index in [4.69, 9.17) is 9.47 Å². The molecule has 3 aromatic rings. The second kappa shape index (κ2) is 12.3. The van der Waals surface area contributed by atoms with Gasteiger partial charge in [-0.15, -0.1) is 0 Å². The summed E-state index contributed by atoms with van der Waals surface area (Å²) in [6.07, 6.45) is 0.840. The van der Waals surface area contributed by atoms with Crippen molar-refractivity contribution in [2.24, 2.45) is 4.99 Å². The van der Waals surface area contributed by atoms with Gasteiger partial charge in [-0.1, -0.05) is 36.4 Å². The number of nitrogens with one attached hydrogen (secondary N) is 3. The highest BCUT2D eigenvalue weighted by molar-refractivity contribution is 5.90. The van der Waals surface area contributed by atoms with E-state index in [-0.39, 0.29) is 5.91 Å². The molecule has 174 valence electrons. The first-order valence-corrected chi connectivity index (χ1v) is 11.2. The van der Waals surface area contributed by atoms with Crippen molar-refractivity contribution in [3.05, 3.63) is 66.2 Å². The summed E-state index contributed by atoms with van der Waals surface area (Å²) in [4.78, 5) is 16.1. The molecule has 0 bridgehead atoms. The third kappa shape index (κ3) is 7.42. The van der Waals surface area contributed by atoms with Crippen molar-refractivity contribution in [2.75, 3.05) is 32.1 Å². The van der Waals surface area contributed by atoms with Gasteiger partial charge in [0.2, 0.25) is 5.91 Å². The highest BCUT2D eigenvalue weighted by Gasteiger charge is 2.06. The molecule has 3 rings (SSSR count). The molecule has 0 saturated carbocycles. The van der Waals surface area contributed by atoms with Crippen molar-refractivity contribution in [3.63, 3.8) is 0 Å². The van der Waals surface area contributed by atoms with E-state index in [1.165, 1.54) is 17.7 Å². The number of nitrogens with zero attached hydrogens (tertiary/aromatic N) is 1. The van der Waals surface area contributed by atoms with E-state index in [1.807, 2.05) is 43.3 Å². The number of rotatable bonds is 10. The molecule has 0 aliphatic heterocycles. The summed E-state index contributed by atoms with van der Waals surface area (Å²) >= 11 is 0. The molecule has 33 heavy (non-hydrogen) atoms. The van der Waals surface area contributed by atoms with Gasteiger partial charge in [0.05, 0.1) is 25.9 Å². The zero-order valence-corrected chi connectivity index (χ0v) is 19.5. The van der Waals surface area contributed by atoms with Gasteiger partial charge < -0.3 is 25.4 Å². The van der Waals surface area contributed by atoms with Gasteiger partial charge in [0.1, 0.15) is 11.5 Å². The Kier molecular flexibility index (Phi) is 8.94. The number of guanidine groups is 1. The zero-order chi connectivity index (χ0) is 23.5. The number of hydrogen-bond acceptors (Lipinski definition) is 4. The summed E-state index contributed by atoms with van der Waals surface area (Å²) in [7, 11) is 1.58. The van der Waals surface area contributed by atoms with Crippen LogP contribution in [-0.4, -0.2) is 38.7 Å². The summed E-state index contributed by atoms with van der Waals surface area (Å²) in [5.74, 6) is 2.09. The third-order valence-corrected chi connectivity index (χ3v) is 4.94. The van der Waals surface area contributed by atoms with Gasteiger partial charge in [-0.2, -0.15) is 0 Å². The molecule has 0 aliphatic rings. The second-order valence-electron chi connectivity index (χ2n) is 7.55. The Hall–Kier alpha value is -3.74. The summed E-state index contributed by atoms with van der Waals surface area (Å²) in [5, 5.41) is 11.8. The number of hydrogen-bond donors (Lipinski definition) is 3. The predicted molar refractivity (Wildman–Crippen MR) is 134 cm³/mol. The number of carbonyl (C=O) groups is 1. The van der Waals surface area contributed by atoms with Crippen LogP contribution >= 0.6 is 0 Å². The fraction of sp³-hybridized carbons (Fsp3) is 0.308. The minimum absolute atomic E-state index is 0.144. The largest absolute Gasteiger partial charge is 0.495 e. The molecule has 3 aromatic carbocycles. The lowest BCUT2D eigenvalue weighted by Crippen LogP contribution is -2.38. The molecule has 0 radical (unpaired) electrons. The Balaban J connectivity index is 1.50. The highest BCUT2D eigenvalue weighted by Crippen LogP contribution is 2.26. The van der Waals surface area contributed by atoms with Gasteiger partial charge in [0.25, 0.3) is 0 Å². The van der Waals surface area contributed by atoms with E-state index >= 15 is 0 Å². The van der Waals surface area contributed by atoms with E-state index in [1.54, 1.807) is 7.11 Å². The van der Waals surface area contributed by atoms with Gasteiger partial charge in [-0.3, -0.25) is 4.79 Å². The number of fused-ring (bicyclic) bond motifs is 1. The third-order valence-electron chi connectivity index (χ3n) is 4.94. The van der Waals surface area contributed by atoms with Gasteiger partial charge in [0.15, 0.2) is 5.96 Å². The fourth-order valence-corrected chi connectivity index (χ4v) is 3.38. The lowest BCUT2D eigenvalue weighted by molar-refractivity contribution is -0.114. The van der Waals surface area contributed by atoms with Crippen molar-refractivity contribution in [3.8, 4) is 11.5 Å². The van der Waals surface area contributed by atoms with Crippen molar-refractivity contribution >= 4 is 28.3 Å². The molecular weight excluding hydrogens is 416 g/mol. The van der Waals surface area contributed by atoms with E-state index in [0.717, 1.165) is 36.8 Å². The van der Waals surface area contributed by atoms with Crippen LogP contribution in [0.1, 0.15) is 25.8 Å². The molecule has 0 spiro atoms. The number of ether oxygens (including phenoxy) is 2. The smallest absolute Gasteiger partial charge is 0.221 e. The maximum atomic E-state index is 11.4. The first-order valence-electron chi connectivity index (χ1n) is 11.2. The summed E-state index contributed by atoms with van der Waals surface area (Å²) < 4.78 is 11.2. The number of aliphatic imine (C=N–C) groups is 1. The molecule has 0 aliphatic carbocycles. The van der Waals surface area contributed by atoms with Crippen LogP contribution in [-0.2, 0) is 11.3 Å². The number of carbonyl (C=O) groups excluding carboxylic acids is 1. The maximum absolute atomic E-state index is 11.4. The fourth-order valence-electron chi connectivity index (χ4n) is 3.38. The summed E-state index contributed by atoms with van der Waals surface area (Å²) in [6, 6.07) is 20.1. The Morgan fingerprint density at radius 1 is 1.00 bits per heavy atom. The van der Waals surface area contributed by atoms with E-state index in [2.05, 4.69) is 45.2 Å². The van der Waals surface area contributed by atoms with Crippen LogP contribution in [0.2, 0.25) is 0 Å². The molecule has 0 atom stereocenters. The molecule has 0 saturated heterocycles. The van der Waals surface area contributed by atoms with Crippen LogP contribution in [0.25, 0.3) is 10.8 Å². The van der Waals surface area contributed by atoms with E-state index in [9.17, 15) is 4.79 Å². The predicted octanol–water partition coefficient (Wildman–Crippen LogP) is 4.33. The first-order chi connectivity index (χ1) is 16.1. The molecule has 0 unspecified atom stereocenters. The van der Waals surface area contributed by atoms with Crippen molar-refractivity contribution in [1.82, 2.24) is 10.6 Å². The monoisotopic (exact) mass is 448 g/mol. The lowest BCUT2D eigenvalue weighted by atomic mass is 10.1. The molecular formula is C26H32N4O3. The number of amides is 1. The summed E-state index contributed by atoms with van der Waals surface area (Å²) in [5.41, 5.74) is 1.61. The maximum Gasteiger partial charge on any atom is 0.221 e. The number of benzene rings is 3. The average molecular weight is 449 g/mol. The first kappa shape index (κ1) is 23.9. The van der Waals surface area contributed by atoms with E-state index in [0.29, 0.717) is 24.6 Å². The Labute approximate surface area is 195 Å². The molecule has 3 N–H and O–H groups in total. The Bertz CT molecular complexity index is 1100. The van der Waals surface area contributed by atoms with Gasteiger partial charge in [0, 0.05) is 20.0 Å². The van der Waals surface area contributed by atoms with Crippen molar-refractivity contribution < 1.29 is 14.3 Å². The minimum Gasteiger partial charge on any atom is -0.495 e. The molecule has 7 nitrogen and oxygen atoms in total. The molecule has 1 amide bonds. The average Bonchev–Trinajstić information content (AvgIpc) is 2.82. The van der Waals surface area contributed by atoms with Crippen LogP contribution in [0.15, 0.2) is 65.7 Å². The highest BCUT2D eigenvalue weighted by atomic mass is 16.5. The van der Waals surface area contributed by atoms with Crippen LogP contribution in [0.5, 0.6) is 11.5 Å². The van der Waals surface area contributed by atoms with Gasteiger partial charge in [-0.25, -0.2) is 4.99 Å². The van der Waals surface area contributed by atoms with Crippen LogP contribution in [0.3, 0.4) is 0 Å². The SMILES string of the molecule is CCNC(=NCc1ccc(OC)c(NC(C)=O)c1)NCCCOc1ccc2ccccc2c1. The van der Waals surface area contributed by atoms with Gasteiger partial charge in [-0.05, 0) is 53.9 Å². The van der Waals surface area contributed by atoms with Crippen LogP contribution in [0, 0.1) is 0 Å². The van der Waals surface area contributed by atoms with Crippen LogP contribution < -0.4 is 25.4 Å². The number of methoxy groups -OCH3 is 1. The molecule has 7 heteroatoms. The standard InChI is InChI=1S/C26H32N4O3/c1-4-27-26(29-18-20-10-13-25(32-3)24(16-20)30-19(2)31)28-14-7-15-33-23-12-11-21-8-5-6-9-22(21)17-23/h5-6,8-13,16-17H,4,7,14-15,18H2,1-3H3,(H,30,31)(H2,27,28,29). The molecule has 0 aromatic heterocycles. The molecule has 0 heterocycles.